The molecule has 0 saturated carbocycles. The van der Waals surface area contributed by atoms with Crippen LogP contribution < -0.4 is 10.6 Å². The molecule has 18 heavy (non-hydrogen) atoms. The van der Waals surface area contributed by atoms with Crippen molar-refractivity contribution in [3.63, 3.8) is 0 Å². The van der Waals surface area contributed by atoms with Gasteiger partial charge in [0.25, 0.3) is 0 Å². The number of hydrogen-bond donors (Lipinski definition) is 2. The third-order valence-corrected chi connectivity index (χ3v) is 3.37. The molecule has 0 spiro atoms. The first-order valence-electron chi connectivity index (χ1n) is 5.41. The Kier molecular flexibility index (Phi) is 6.15. The molecular formula is C12H14BrClN2O2. The van der Waals surface area contributed by atoms with E-state index in [2.05, 4.69) is 26.6 Å². The van der Waals surface area contributed by atoms with E-state index in [1.54, 1.807) is 0 Å². The fraction of sp³-hybridized carbons (Fsp3) is 0.333. The van der Waals surface area contributed by atoms with Gasteiger partial charge in [0, 0.05) is 23.1 Å². The number of carbonyl (C=O) groups excluding carboxylic acids is 2. The van der Waals surface area contributed by atoms with Gasteiger partial charge in [0.2, 0.25) is 11.8 Å². The molecule has 2 N–H and O–H groups in total. The maximum atomic E-state index is 11.6. The van der Waals surface area contributed by atoms with Crippen molar-refractivity contribution in [1.82, 2.24) is 5.32 Å². The summed E-state index contributed by atoms with van der Waals surface area (Å²) in [6.45, 7) is 2.23. The van der Waals surface area contributed by atoms with Crippen molar-refractivity contribution >= 4 is 45.0 Å². The van der Waals surface area contributed by atoms with Crippen LogP contribution in [0.3, 0.4) is 0 Å². The molecule has 0 aliphatic rings. The van der Waals surface area contributed by atoms with Crippen LogP contribution in [0.25, 0.3) is 0 Å². The summed E-state index contributed by atoms with van der Waals surface area (Å²) < 4.78 is 0.995. The second-order valence-corrected chi connectivity index (χ2v) is 4.87. The molecule has 0 bridgehead atoms. The number of carbonyl (C=O) groups is 2. The van der Waals surface area contributed by atoms with E-state index in [1.807, 2.05) is 25.1 Å². The molecule has 0 radical (unpaired) electrons. The standard InChI is InChI=1S/C12H14BrClN2O2/c1-8-6-9(2-3-10(8)13)16-11(17)4-5-15-12(18)7-14/h2-3,6H,4-5,7H2,1H3,(H,15,18)(H,16,17). The zero-order valence-electron chi connectivity index (χ0n) is 9.93. The smallest absolute Gasteiger partial charge is 0.234 e. The Morgan fingerprint density at radius 1 is 1.33 bits per heavy atom. The van der Waals surface area contributed by atoms with Gasteiger partial charge in [0.15, 0.2) is 0 Å². The van der Waals surface area contributed by atoms with Crippen molar-refractivity contribution in [1.29, 1.82) is 0 Å². The zero-order valence-corrected chi connectivity index (χ0v) is 12.3. The van der Waals surface area contributed by atoms with Crippen LogP contribution >= 0.6 is 27.5 Å². The topological polar surface area (TPSA) is 58.2 Å². The van der Waals surface area contributed by atoms with Crippen LogP contribution in [0.4, 0.5) is 5.69 Å². The van der Waals surface area contributed by atoms with Gasteiger partial charge in [0.1, 0.15) is 5.88 Å². The molecule has 0 aliphatic carbocycles. The maximum Gasteiger partial charge on any atom is 0.234 e. The summed E-state index contributed by atoms with van der Waals surface area (Å²) in [4.78, 5) is 22.4. The van der Waals surface area contributed by atoms with E-state index in [0.717, 1.165) is 15.7 Å². The van der Waals surface area contributed by atoms with Crippen molar-refractivity contribution in [3.05, 3.63) is 28.2 Å². The van der Waals surface area contributed by atoms with Gasteiger partial charge in [-0.2, -0.15) is 0 Å². The number of hydrogen-bond acceptors (Lipinski definition) is 2. The molecule has 0 saturated heterocycles. The second-order valence-electron chi connectivity index (χ2n) is 3.75. The minimum absolute atomic E-state index is 0.0898. The molecular weight excluding hydrogens is 320 g/mol. The molecule has 0 unspecified atom stereocenters. The fourth-order valence-corrected chi connectivity index (χ4v) is 1.65. The highest BCUT2D eigenvalue weighted by Gasteiger charge is 2.04. The molecule has 1 rings (SSSR count). The largest absolute Gasteiger partial charge is 0.355 e. The monoisotopic (exact) mass is 332 g/mol. The van der Waals surface area contributed by atoms with Gasteiger partial charge >= 0.3 is 0 Å². The summed E-state index contributed by atoms with van der Waals surface area (Å²) in [7, 11) is 0. The van der Waals surface area contributed by atoms with Crippen LogP contribution in [0, 0.1) is 6.92 Å². The van der Waals surface area contributed by atoms with E-state index in [-0.39, 0.29) is 30.7 Å². The third kappa shape index (κ3) is 5.06. The van der Waals surface area contributed by atoms with Gasteiger partial charge in [-0.1, -0.05) is 15.9 Å². The molecule has 2 amide bonds. The normalized spacial score (nSPS) is 9.94. The number of halogens is 2. The summed E-state index contributed by atoms with van der Waals surface area (Å²) in [6.07, 6.45) is 0.220. The highest BCUT2D eigenvalue weighted by atomic mass is 79.9. The van der Waals surface area contributed by atoms with E-state index >= 15 is 0 Å². The van der Waals surface area contributed by atoms with Gasteiger partial charge in [-0.3, -0.25) is 9.59 Å². The summed E-state index contributed by atoms with van der Waals surface area (Å²) in [6, 6.07) is 5.56. The quantitative estimate of drug-likeness (QED) is 0.813. The Morgan fingerprint density at radius 2 is 2.06 bits per heavy atom. The number of benzene rings is 1. The number of rotatable bonds is 5. The Bertz CT molecular complexity index is 452. The highest BCUT2D eigenvalue weighted by molar-refractivity contribution is 9.10. The summed E-state index contributed by atoms with van der Waals surface area (Å²) in [5.41, 5.74) is 1.78. The lowest BCUT2D eigenvalue weighted by Crippen LogP contribution is -2.28. The van der Waals surface area contributed by atoms with Crippen LogP contribution in [0.2, 0.25) is 0 Å². The van der Waals surface area contributed by atoms with Crippen LogP contribution in [0.5, 0.6) is 0 Å². The van der Waals surface area contributed by atoms with E-state index in [9.17, 15) is 9.59 Å². The number of nitrogens with one attached hydrogen (secondary N) is 2. The van der Waals surface area contributed by atoms with Gasteiger partial charge in [-0.05, 0) is 30.7 Å². The molecule has 0 aromatic heterocycles. The average Bonchev–Trinajstić information content (AvgIpc) is 2.33. The van der Waals surface area contributed by atoms with Crippen LogP contribution in [-0.4, -0.2) is 24.2 Å². The fourth-order valence-electron chi connectivity index (χ4n) is 1.31. The average molecular weight is 334 g/mol. The minimum Gasteiger partial charge on any atom is -0.355 e. The molecule has 1 aromatic rings. The SMILES string of the molecule is Cc1cc(NC(=O)CCNC(=O)CCl)ccc1Br. The first-order valence-corrected chi connectivity index (χ1v) is 6.74. The molecule has 1 aromatic carbocycles. The van der Waals surface area contributed by atoms with Crippen molar-refractivity contribution in [3.8, 4) is 0 Å². The minimum atomic E-state index is -0.274. The predicted molar refractivity (Wildman–Crippen MR) is 75.9 cm³/mol. The predicted octanol–water partition coefficient (Wildman–Crippen LogP) is 2.44. The maximum absolute atomic E-state index is 11.6. The number of anilines is 1. The first-order chi connectivity index (χ1) is 8.52. The second kappa shape index (κ2) is 7.38. The lowest BCUT2D eigenvalue weighted by molar-refractivity contribution is -0.119. The van der Waals surface area contributed by atoms with Gasteiger partial charge in [-0.15, -0.1) is 11.6 Å². The molecule has 0 heterocycles. The van der Waals surface area contributed by atoms with Gasteiger partial charge in [0.05, 0.1) is 0 Å². The Hall–Kier alpha value is -1.07. The van der Waals surface area contributed by atoms with Gasteiger partial charge < -0.3 is 10.6 Å². The molecule has 6 heteroatoms. The van der Waals surface area contributed by atoms with Crippen molar-refractivity contribution in [2.45, 2.75) is 13.3 Å². The highest BCUT2D eigenvalue weighted by Crippen LogP contribution is 2.19. The van der Waals surface area contributed by atoms with Crippen molar-refractivity contribution < 1.29 is 9.59 Å². The van der Waals surface area contributed by atoms with E-state index < -0.39 is 0 Å². The van der Waals surface area contributed by atoms with E-state index in [1.165, 1.54) is 0 Å². The lowest BCUT2D eigenvalue weighted by Gasteiger charge is -2.07. The Morgan fingerprint density at radius 3 is 2.67 bits per heavy atom. The van der Waals surface area contributed by atoms with E-state index in [4.69, 9.17) is 11.6 Å². The molecule has 0 atom stereocenters. The molecule has 98 valence electrons. The van der Waals surface area contributed by atoms with Crippen LogP contribution in [-0.2, 0) is 9.59 Å². The molecule has 0 fully saturated rings. The summed E-state index contributed by atoms with van der Waals surface area (Å²) in [5.74, 6) is -0.511. The summed E-state index contributed by atoms with van der Waals surface area (Å²) in [5, 5.41) is 5.29. The van der Waals surface area contributed by atoms with E-state index in [0.29, 0.717) is 0 Å². The number of aryl methyl sites for hydroxylation is 1. The Balaban J connectivity index is 2.40. The van der Waals surface area contributed by atoms with Gasteiger partial charge in [-0.25, -0.2) is 0 Å². The van der Waals surface area contributed by atoms with Crippen molar-refractivity contribution in [2.24, 2.45) is 0 Å². The zero-order chi connectivity index (χ0) is 13.5. The molecule has 4 nitrogen and oxygen atoms in total. The van der Waals surface area contributed by atoms with Crippen molar-refractivity contribution in [2.75, 3.05) is 17.7 Å². The Labute approximate surface area is 119 Å². The first kappa shape index (κ1) is 15.0. The number of alkyl halides is 1. The number of amides is 2. The lowest BCUT2D eigenvalue weighted by atomic mass is 10.2. The summed E-state index contributed by atoms with van der Waals surface area (Å²) >= 11 is 8.70. The van der Waals surface area contributed by atoms with Crippen LogP contribution in [0.15, 0.2) is 22.7 Å². The van der Waals surface area contributed by atoms with Crippen LogP contribution in [0.1, 0.15) is 12.0 Å². The third-order valence-electron chi connectivity index (χ3n) is 2.24. The molecule has 0 aliphatic heterocycles.